The van der Waals surface area contributed by atoms with Gasteiger partial charge in [0.15, 0.2) is 0 Å². The van der Waals surface area contributed by atoms with Crippen molar-refractivity contribution in [1.82, 2.24) is 5.32 Å². The highest BCUT2D eigenvalue weighted by Crippen LogP contribution is 2.41. The van der Waals surface area contributed by atoms with Crippen LogP contribution in [0.3, 0.4) is 0 Å². The van der Waals surface area contributed by atoms with Crippen LogP contribution in [-0.2, 0) is 6.42 Å². The molecular formula is C20H23N. The van der Waals surface area contributed by atoms with Gasteiger partial charge in [-0.2, -0.15) is 0 Å². The smallest absolute Gasteiger partial charge is 0.0582 e. The van der Waals surface area contributed by atoms with Crippen LogP contribution in [0, 0.1) is 5.41 Å². The molecule has 0 saturated heterocycles. The van der Waals surface area contributed by atoms with E-state index in [1.54, 1.807) is 0 Å². The van der Waals surface area contributed by atoms with Crippen LogP contribution in [0.25, 0.3) is 0 Å². The molecule has 0 aliphatic heterocycles. The quantitative estimate of drug-likeness (QED) is 0.873. The van der Waals surface area contributed by atoms with E-state index in [4.69, 9.17) is 0 Å². The van der Waals surface area contributed by atoms with Gasteiger partial charge in [-0.3, -0.25) is 0 Å². The molecule has 1 N–H and O–H groups in total. The van der Waals surface area contributed by atoms with Crippen LogP contribution in [0.4, 0.5) is 0 Å². The van der Waals surface area contributed by atoms with Gasteiger partial charge in [-0.15, -0.1) is 0 Å². The Morgan fingerprint density at radius 3 is 2.05 bits per heavy atom. The summed E-state index contributed by atoms with van der Waals surface area (Å²) in [5.74, 6) is 0. The molecular weight excluding hydrogens is 254 g/mol. The molecule has 0 aromatic heterocycles. The van der Waals surface area contributed by atoms with E-state index in [2.05, 4.69) is 60.8 Å². The molecule has 0 amide bonds. The Labute approximate surface area is 127 Å². The molecule has 0 unspecified atom stereocenters. The summed E-state index contributed by atoms with van der Waals surface area (Å²) < 4.78 is 0. The van der Waals surface area contributed by atoms with Crippen molar-refractivity contribution in [2.24, 2.45) is 5.41 Å². The first-order chi connectivity index (χ1) is 10.3. The second-order valence-corrected chi connectivity index (χ2v) is 7.05. The van der Waals surface area contributed by atoms with Crippen molar-refractivity contribution >= 4 is 0 Å². The summed E-state index contributed by atoms with van der Waals surface area (Å²) in [6, 6.07) is 18.2. The van der Waals surface area contributed by atoms with Crippen molar-refractivity contribution in [2.45, 2.75) is 38.6 Å². The minimum atomic E-state index is 0.364. The van der Waals surface area contributed by atoms with E-state index in [0.717, 1.165) is 13.0 Å². The topological polar surface area (TPSA) is 12.0 Å². The fourth-order valence-corrected chi connectivity index (χ4v) is 3.85. The third-order valence-electron chi connectivity index (χ3n) is 5.41. The standard InChI is InChI=1S/C20H23N/c1-20(11-6-12-20)14-21-19-17-9-4-2-7-15(17)13-16-8-3-5-10-18(16)19/h2-5,7-10,19,21H,6,11-14H2,1H3. The Bertz CT molecular complexity index is 609. The first-order valence-corrected chi connectivity index (χ1v) is 8.14. The maximum atomic E-state index is 3.88. The number of hydrogen-bond acceptors (Lipinski definition) is 1. The van der Waals surface area contributed by atoms with Crippen LogP contribution in [0.15, 0.2) is 48.5 Å². The lowest BCUT2D eigenvalue weighted by atomic mass is 9.70. The van der Waals surface area contributed by atoms with Crippen molar-refractivity contribution in [1.29, 1.82) is 0 Å². The summed E-state index contributed by atoms with van der Waals surface area (Å²) in [6.07, 6.45) is 5.21. The number of rotatable bonds is 3. The van der Waals surface area contributed by atoms with Gasteiger partial charge in [0.05, 0.1) is 6.04 Å². The lowest BCUT2D eigenvalue weighted by Crippen LogP contribution is -2.40. The van der Waals surface area contributed by atoms with Gasteiger partial charge >= 0.3 is 0 Å². The number of hydrogen-bond donors (Lipinski definition) is 1. The molecule has 2 aliphatic rings. The van der Waals surface area contributed by atoms with Gasteiger partial charge in [-0.25, -0.2) is 0 Å². The maximum absolute atomic E-state index is 3.88. The van der Waals surface area contributed by atoms with E-state index >= 15 is 0 Å². The van der Waals surface area contributed by atoms with Crippen LogP contribution in [0.1, 0.15) is 54.5 Å². The largest absolute Gasteiger partial charge is 0.306 e. The minimum Gasteiger partial charge on any atom is -0.306 e. The van der Waals surface area contributed by atoms with E-state index in [0.29, 0.717) is 11.5 Å². The fraction of sp³-hybridized carbons (Fsp3) is 0.400. The number of benzene rings is 2. The third-order valence-corrected chi connectivity index (χ3v) is 5.41. The molecule has 0 radical (unpaired) electrons. The highest BCUT2D eigenvalue weighted by atomic mass is 14.9. The number of nitrogens with one attached hydrogen (secondary N) is 1. The molecule has 1 nitrogen and oxygen atoms in total. The average Bonchev–Trinajstić information content (AvgIpc) is 2.49. The van der Waals surface area contributed by atoms with Crippen molar-refractivity contribution in [3.8, 4) is 0 Å². The molecule has 108 valence electrons. The molecule has 1 saturated carbocycles. The van der Waals surface area contributed by atoms with Gasteiger partial charge in [-0.1, -0.05) is 61.9 Å². The fourth-order valence-electron chi connectivity index (χ4n) is 3.85. The van der Waals surface area contributed by atoms with Gasteiger partial charge < -0.3 is 5.32 Å². The monoisotopic (exact) mass is 277 g/mol. The molecule has 0 atom stereocenters. The first kappa shape index (κ1) is 13.1. The summed E-state index contributed by atoms with van der Waals surface area (Å²) in [6.45, 7) is 3.55. The highest BCUT2D eigenvalue weighted by molar-refractivity contribution is 5.48. The van der Waals surface area contributed by atoms with E-state index in [1.165, 1.54) is 41.5 Å². The van der Waals surface area contributed by atoms with Gasteiger partial charge in [0, 0.05) is 6.54 Å². The molecule has 2 aromatic rings. The predicted octanol–water partition coefficient (Wildman–Crippen LogP) is 4.46. The van der Waals surface area contributed by atoms with Crippen molar-refractivity contribution < 1.29 is 0 Å². The minimum absolute atomic E-state index is 0.364. The average molecular weight is 277 g/mol. The van der Waals surface area contributed by atoms with Gasteiger partial charge in [0.25, 0.3) is 0 Å². The normalized spacial score (nSPS) is 19.5. The Kier molecular flexibility index (Phi) is 3.11. The zero-order valence-electron chi connectivity index (χ0n) is 12.7. The highest BCUT2D eigenvalue weighted by Gasteiger charge is 2.33. The molecule has 0 bridgehead atoms. The molecule has 1 fully saturated rings. The third kappa shape index (κ3) is 2.30. The van der Waals surface area contributed by atoms with Crippen LogP contribution in [-0.4, -0.2) is 6.54 Å². The van der Waals surface area contributed by atoms with E-state index < -0.39 is 0 Å². The van der Waals surface area contributed by atoms with Crippen LogP contribution in [0.2, 0.25) is 0 Å². The Hall–Kier alpha value is -1.60. The van der Waals surface area contributed by atoms with E-state index in [-0.39, 0.29) is 0 Å². The Morgan fingerprint density at radius 2 is 1.52 bits per heavy atom. The summed E-state index contributed by atoms with van der Waals surface area (Å²) in [5.41, 5.74) is 6.42. The van der Waals surface area contributed by atoms with Crippen LogP contribution in [0.5, 0.6) is 0 Å². The summed E-state index contributed by atoms with van der Waals surface area (Å²) >= 11 is 0. The van der Waals surface area contributed by atoms with Gasteiger partial charge in [-0.05, 0) is 46.9 Å². The van der Waals surface area contributed by atoms with E-state index in [9.17, 15) is 0 Å². The maximum Gasteiger partial charge on any atom is 0.0582 e. The number of fused-ring (bicyclic) bond motifs is 2. The predicted molar refractivity (Wildman–Crippen MR) is 87.5 cm³/mol. The zero-order chi connectivity index (χ0) is 14.3. The molecule has 2 aliphatic carbocycles. The molecule has 1 heteroatoms. The molecule has 0 spiro atoms. The second kappa shape index (κ2) is 4.99. The van der Waals surface area contributed by atoms with Gasteiger partial charge in [0.1, 0.15) is 0 Å². The molecule has 0 heterocycles. The Balaban J connectivity index is 1.68. The lowest BCUT2D eigenvalue weighted by molar-refractivity contribution is 0.153. The van der Waals surface area contributed by atoms with Crippen LogP contribution >= 0.6 is 0 Å². The molecule has 4 rings (SSSR count). The lowest BCUT2D eigenvalue weighted by Gasteiger charge is -2.40. The van der Waals surface area contributed by atoms with Crippen molar-refractivity contribution in [3.63, 3.8) is 0 Å². The summed E-state index contributed by atoms with van der Waals surface area (Å²) in [7, 11) is 0. The van der Waals surface area contributed by atoms with E-state index in [1.807, 2.05) is 0 Å². The van der Waals surface area contributed by atoms with Gasteiger partial charge in [0.2, 0.25) is 0 Å². The summed E-state index contributed by atoms with van der Waals surface area (Å²) in [5, 5.41) is 3.88. The SMILES string of the molecule is CC1(CNC2c3ccccc3Cc3ccccc32)CCC1. The summed E-state index contributed by atoms with van der Waals surface area (Å²) in [4.78, 5) is 0. The molecule has 2 aromatic carbocycles. The molecule has 21 heavy (non-hydrogen) atoms. The zero-order valence-corrected chi connectivity index (χ0v) is 12.7. The van der Waals surface area contributed by atoms with Crippen molar-refractivity contribution in [2.75, 3.05) is 6.54 Å². The van der Waals surface area contributed by atoms with Crippen molar-refractivity contribution in [3.05, 3.63) is 70.8 Å². The van der Waals surface area contributed by atoms with Crippen LogP contribution < -0.4 is 5.32 Å². The Morgan fingerprint density at radius 1 is 0.952 bits per heavy atom. The first-order valence-electron chi connectivity index (χ1n) is 8.14. The second-order valence-electron chi connectivity index (χ2n) is 7.05.